The van der Waals surface area contributed by atoms with Crippen LogP contribution in [0.3, 0.4) is 0 Å². The van der Waals surface area contributed by atoms with Crippen molar-refractivity contribution >= 4 is 26.7 Å². The summed E-state index contributed by atoms with van der Waals surface area (Å²) in [7, 11) is 0. The fourth-order valence-corrected chi connectivity index (χ4v) is 4.01. The van der Waals surface area contributed by atoms with Crippen molar-refractivity contribution < 1.29 is 0 Å². The number of anilines is 1. The number of rotatable bonds is 4. The van der Waals surface area contributed by atoms with Gasteiger partial charge in [-0.2, -0.15) is 0 Å². The second kappa shape index (κ2) is 5.88. The first-order valence-electron chi connectivity index (χ1n) is 7.21. The summed E-state index contributed by atoms with van der Waals surface area (Å²) in [4.78, 5) is 7.24. The van der Waals surface area contributed by atoms with Gasteiger partial charge in [-0.15, -0.1) is 0 Å². The van der Waals surface area contributed by atoms with Crippen molar-refractivity contribution in [2.75, 3.05) is 18.0 Å². The molecule has 0 saturated heterocycles. The molecular formula is C15H21N3S. The van der Waals surface area contributed by atoms with E-state index in [-0.39, 0.29) is 0 Å². The molecule has 1 aliphatic carbocycles. The summed E-state index contributed by atoms with van der Waals surface area (Å²) in [6, 6.07) is 9.02. The van der Waals surface area contributed by atoms with Crippen LogP contribution in [-0.4, -0.2) is 24.1 Å². The van der Waals surface area contributed by atoms with E-state index in [1.807, 2.05) is 0 Å². The number of hydrogen-bond donors (Lipinski definition) is 1. The van der Waals surface area contributed by atoms with Crippen LogP contribution in [0.25, 0.3) is 10.2 Å². The lowest BCUT2D eigenvalue weighted by Crippen LogP contribution is -2.40. The minimum Gasteiger partial charge on any atom is -0.344 e. The molecule has 19 heavy (non-hydrogen) atoms. The smallest absolute Gasteiger partial charge is 0.186 e. The number of thiazole rings is 1. The fourth-order valence-electron chi connectivity index (χ4n) is 2.95. The summed E-state index contributed by atoms with van der Waals surface area (Å²) in [5, 5.41) is 1.15. The van der Waals surface area contributed by atoms with E-state index in [9.17, 15) is 0 Å². The molecule has 0 aliphatic heterocycles. The molecule has 1 aliphatic rings. The van der Waals surface area contributed by atoms with E-state index in [0.717, 1.165) is 17.2 Å². The monoisotopic (exact) mass is 275 g/mol. The highest BCUT2D eigenvalue weighted by molar-refractivity contribution is 7.22. The van der Waals surface area contributed by atoms with Crippen molar-refractivity contribution in [3.05, 3.63) is 24.3 Å². The van der Waals surface area contributed by atoms with Crippen molar-refractivity contribution in [2.24, 2.45) is 5.73 Å². The van der Waals surface area contributed by atoms with Crippen LogP contribution < -0.4 is 10.6 Å². The second-order valence-corrected chi connectivity index (χ2v) is 6.25. The summed E-state index contributed by atoms with van der Waals surface area (Å²) in [5.41, 5.74) is 6.91. The quantitative estimate of drug-likeness (QED) is 0.930. The van der Waals surface area contributed by atoms with Crippen LogP contribution in [-0.2, 0) is 0 Å². The molecule has 4 heteroatoms. The van der Waals surface area contributed by atoms with Gasteiger partial charge < -0.3 is 10.6 Å². The van der Waals surface area contributed by atoms with Gasteiger partial charge in [0.2, 0.25) is 0 Å². The molecule has 3 nitrogen and oxygen atoms in total. The maximum absolute atomic E-state index is 5.80. The molecule has 1 saturated carbocycles. The summed E-state index contributed by atoms with van der Waals surface area (Å²) in [6.07, 6.45) is 6.64. The van der Waals surface area contributed by atoms with Crippen LogP contribution in [0.15, 0.2) is 24.3 Å². The van der Waals surface area contributed by atoms with Gasteiger partial charge in [-0.3, -0.25) is 0 Å². The van der Waals surface area contributed by atoms with Crippen LogP contribution in [0, 0.1) is 0 Å². The summed E-state index contributed by atoms with van der Waals surface area (Å²) >= 11 is 1.80. The van der Waals surface area contributed by atoms with E-state index in [2.05, 4.69) is 29.2 Å². The van der Waals surface area contributed by atoms with Crippen molar-refractivity contribution in [1.82, 2.24) is 4.98 Å². The number of para-hydroxylation sites is 1. The number of nitrogens with zero attached hydrogens (tertiary/aromatic N) is 2. The largest absolute Gasteiger partial charge is 0.344 e. The van der Waals surface area contributed by atoms with E-state index in [4.69, 9.17) is 10.7 Å². The number of benzene rings is 1. The minimum absolute atomic E-state index is 0.637. The predicted molar refractivity (Wildman–Crippen MR) is 82.9 cm³/mol. The number of fused-ring (bicyclic) bond motifs is 1. The molecule has 2 N–H and O–H groups in total. The Hall–Kier alpha value is -1.13. The maximum Gasteiger partial charge on any atom is 0.186 e. The van der Waals surface area contributed by atoms with Gasteiger partial charge in [-0.05, 0) is 25.0 Å². The summed E-state index contributed by atoms with van der Waals surface area (Å²) in [6.45, 7) is 1.62. The molecule has 102 valence electrons. The van der Waals surface area contributed by atoms with Gasteiger partial charge in [0.25, 0.3) is 0 Å². The number of hydrogen-bond acceptors (Lipinski definition) is 4. The summed E-state index contributed by atoms with van der Waals surface area (Å²) < 4.78 is 1.27. The lowest BCUT2D eigenvalue weighted by Gasteiger charge is -2.33. The SMILES string of the molecule is NCCN(c1nc2ccccc2s1)C1CCCCC1. The van der Waals surface area contributed by atoms with Crippen LogP contribution in [0.5, 0.6) is 0 Å². The third kappa shape index (κ3) is 2.74. The molecule has 3 rings (SSSR count). The topological polar surface area (TPSA) is 42.1 Å². The molecule has 1 heterocycles. The molecule has 0 unspecified atom stereocenters. The Morgan fingerprint density at radius 1 is 1.21 bits per heavy atom. The molecule has 0 radical (unpaired) electrons. The first kappa shape index (κ1) is 12.9. The van der Waals surface area contributed by atoms with E-state index in [0.29, 0.717) is 12.6 Å². The molecular weight excluding hydrogens is 254 g/mol. The molecule has 2 aromatic rings. The van der Waals surface area contributed by atoms with Crippen molar-refractivity contribution in [1.29, 1.82) is 0 Å². The average molecular weight is 275 g/mol. The standard InChI is InChI=1S/C15H21N3S/c16-10-11-18(12-6-2-1-3-7-12)15-17-13-8-4-5-9-14(13)19-15/h4-5,8-9,12H,1-3,6-7,10-11,16H2. The van der Waals surface area contributed by atoms with E-state index in [1.165, 1.54) is 36.8 Å². The Kier molecular flexibility index (Phi) is 3.99. The zero-order valence-electron chi connectivity index (χ0n) is 11.2. The van der Waals surface area contributed by atoms with E-state index < -0.39 is 0 Å². The number of aromatic nitrogens is 1. The maximum atomic E-state index is 5.80. The van der Waals surface area contributed by atoms with E-state index >= 15 is 0 Å². The van der Waals surface area contributed by atoms with Crippen molar-refractivity contribution in [2.45, 2.75) is 38.1 Å². The van der Waals surface area contributed by atoms with Gasteiger partial charge in [0.15, 0.2) is 5.13 Å². The molecule has 1 fully saturated rings. The van der Waals surface area contributed by atoms with Crippen molar-refractivity contribution in [3.63, 3.8) is 0 Å². The molecule has 1 aromatic heterocycles. The highest BCUT2D eigenvalue weighted by atomic mass is 32.1. The zero-order chi connectivity index (χ0) is 13.1. The van der Waals surface area contributed by atoms with Crippen molar-refractivity contribution in [3.8, 4) is 0 Å². The molecule has 0 bridgehead atoms. The number of nitrogens with two attached hydrogens (primary N) is 1. The Labute approximate surface area is 118 Å². The minimum atomic E-state index is 0.637. The lowest BCUT2D eigenvalue weighted by molar-refractivity contribution is 0.416. The van der Waals surface area contributed by atoms with Crippen LogP contribution in [0.4, 0.5) is 5.13 Å². The average Bonchev–Trinajstić information content (AvgIpc) is 2.89. The first-order chi connectivity index (χ1) is 9.38. The lowest BCUT2D eigenvalue weighted by atomic mass is 9.94. The fraction of sp³-hybridized carbons (Fsp3) is 0.533. The van der Waals surface area contributed by atoms with Crippen LogP contribution in [0.2, 0.25) is 0 Å². The Balaban J connectivity index is 1.89. The normalized spacial score (nSPS) is 16.9. The zero-order valence-corrected chi connectivity index (χ0v) is 12.0. The summed E-state index contributed by atoms with van der Waals surface area (Å²) in [5.74, 6) is 0. The van der Waals surface area contributed by atoms with Gasteiger partial charge in [0, 0.05) is 19.1 Å². The molecule has 1 aromatic carbocycles. The molecule has 0 amide bonds. The highest BCUT2D eigenvalue weighted by Gasteiger charge is 2.23. The van der Waals surface area contributed by atoms with Gasteiger partial charge in [0.1, 0.15) is 0 Å². The van der Waals surface area contributed by atoms with Gasteiger partial charge >= 0.3 is 0 Å². The van der Waals surface area contributed by atoms with Gasteiger partial charge in [-0.25, -0.2) is 4.98 Å². The Morgan fingerprint density at radius 2 is 2.00 bits per heavy atom. The van der Waals surface area contributed by atoms with E-state index in [1.54, 1.807) is 11.3 Å². The highest BCUT2D eigenvalue weighted by Crippen LogP contribution is 2.33. The Bertz CT molecular complexity index is 498. The Morgan fingerprint density at radius 3 is 2.74 bits per heavy atom. The third-order valence-electron chi connectivity index (χ3n) is 3.91. The first-order valence-corrected chi connectivity index (χ1v) is 8.02. The molecule has 0 atom stereocenters. The molecule has 0 spiro atoms. The van der Waals surface area contributed by atoms with Crippen LogP contribution in [0.1, 0.15) is 32.1 Å². The predicted octanol–water partition coefficient (Wildman–Crippen LogP) is 3.39. The van der Waals surface area contributed by atoms with Gasteiger partial charge in [-0.1, -0.05) is 42.7 Å². The van der Waals surface area contributed by atoms with Crippen LogP contribution >= 0.6 is 11.3 Å². The second-order valence-electron chi connectivity index (χ2n) is 5.24. The third-order valence-corrected chi connectivity index (χ3v) is 4.99. The van der Waals surface area contributed by atoms with Gasteiger partial charge in [0.05, 0.1) is 10.2 Å².